The second kappa shape index (κ2) is 11.5. The summed E-state index contributed by atoms with van der Waals surface area (Å²) in [6.07, 6.45) is 5.86. The Kier molecular flexibility index (Phi) is 9.87. The summed E-state index contributed by atoms with van der Waals surface area (Å²) in [5, 5.41) is 10.6. The van der Waals surface area contributed by atoms with E-state index in [-0.39, 0.29) is 6.61 Å². The van der Waals surface area contributed by atoms with E-state index in [0.717, 1.165) is 44.2 Å². The van der Waals surface area contributed by atoms with Gasteiger partial charge in [-0.05, 0) is 55.9 Å². The van der Waals surface area contributed by atoms with Gasteiger partial charge in [-0.3, -0.25) is 0 Å². The van der Waals surface area contributed by atoms with Crippen molar-refractivity contribution in [2.24, 2.45) is 0 Å². The van der Waals surface area contributed by atoms with Gasteiger partial charge in [0.25, 0.3) is 0 Å². The maximum absolute atomic E-state index is 9.02. The first-order valence-corrected chi connectivity index (χ1v) is 8.49. The van der Waals surface area contributed by atoms with E-state index in [2.05, 4.69) is 32.9 Å². The highest BCUT2D eigenvalue weighted by Gasteiger charge is 2.10. The number of aryl methyl sites for hydroxylation is 2. The summed E-state index contributed by atoms with van der Waals surface area (Å²) in [5.74, 6) is 0. The number of rotatable bonds is 12. The van der Waals surface area contributed by atoms with Crippen molar-refractivity contribution >= 4 is 5.69 Å². The molecule has 0 unspecified atom stereocenters. The van der Waals surface area contributed by atoms with Crippen LogP contribution in [-0.2, 0) is 16.1 Å². The molecular weight excluding hydrogens is 278 g/mol. The van der Waals surface area contributed by atoms with Gasteiger partial charge >= 0.3 is 0 Å². The zero-order chi connectivity index (χ0) is 16.2. The zero-order valence-electron chi connectivity index (χ0n) is 14.3. The van der Waals surface area contributed by atoms with Crippen LogP contribution in [0.4, 0.5) is 5.69 Å². The summed E-state index contributed by atoms with van der Waals surface area (Å²) < 4.78 is 0. The molecule has 0 amide bonds. The Morgan fingerprint density at radius 3 is 2.18 bits per heavy atom. The first-order valence-electron chi connectivity index (χ1n) is 8.49. The smallest absolute Gasteiger partial charge is 0.0950 e. The molecule has 0 heterocycles. The molecule has 4 heteroatoms. The molecule has 0 radical (unpaired) electrons. The lowest BCUT2D eigenvalue weighted by Gasteiger charge is -2.23. The molecular formula is C18H31NO3. The third-order valence-corrected chi connectivity index (χ3v) is 3.56. The van der Waals surface area contributed by atoms with Gasteiger partial charge in [0, 0.05) is 6.61 Å². The lowest BCUT2D eigenvalue weighted by atomic mass is 10.0. The number of hydrogen-bond donors (Lipinski definition) is 1. The van der Waals surface area contributed by atoms with E-state index in [4.69, 9.17) is 14.8 Å². The van der Waals surface area contributed by atoms with Gasteiger partial charge in [0.05, 0.1) is 18.9 Å². The van der Waals surface area contributed by atoms with Crippen molar-refractivity contribution in [2.75, 3.05) is 25.0 Å². The summed E-state index contributed by atoms with van der Waals surface area (Å²) in [4.78, 5) is 11.6. The number of hydrogen-bond acceptors (Lipinski definition) is 4. The van der Waals surface area contributed by atoms with Crippen LogP contribution in [0.15, 0.2) is 18.2 Å². The van der Waals surface area contributed by atoms with E-state index in [1.807, 2.05) is 6.07 Å². The minimum atomic E-state index is 0.216. The highest BCUT2D eigenvalue weighted by atomic mass is 16.9. The molecule has 1 N–H and O–H groups in total. The second-order valence-corrected chi connectivity index (χ2v) is 5.57. The van der Waals surface area contributed by atoms with Gasteiger partial charge in [-0.25, -0.2) is 9.68 Å². The van der Waals surface area contributed by atoms with Gasteiger partial charge in [-0.2, -0.15) is 0 Å². The van der Waals surface area contributed by atoms with Crippen LogP contribution in [0.5, 0.6) is 0 Å². The van der Waals surface area contributed by atoms with Crippen LogP contribution < -0.4 is 5.23 Å². The first-order chi connectivity index (χ1) is 10.7. The van der Waals surface area contributed by atoms with Crippen molar-refractivity contribution in [3.8, 4) is 0 Å². The minimum Gasteiger partial charge on any atom is -0.396 e. The molecule has 0 atom stereocenters. The number of benzene rings is 1. The van der Waals surface area contributed by atoms with E-state index in [1.165, 1.54) is 11.1 Å². The first kappa shape index (κ1) is 18.9. The molecule has 0 saturated heterocycles. The molecule has 0 fully saturated rings. The largest absolute Gasteiger partial charge is 0.396 e. The predicted octanol–water partition coefficient (Wildman–Crippen LogP) is 4.19. The Bertz CT molecular complexity index is 399. The predicted molar refractivity (Wildman–Crippen MR) is 90.8 cm³/mol. The number of anilines is 1. The molecule has 1 aromatic carbocycles. The van der Waals surface area contributed by atoms with Gasteiger partial charge in [-0.15, -0.1) is 5.23 Å². The Labute approximate surface area is 134 Å². The fraction of sp³-hybridized carbons (Fsp3) is 0.667. The molecule has 126 valence electrons. The molecule has 1 rings (SSSR count). The summed E-state index contributed by atoms with van der Waals surface area (Å²) >= 11 is 0. The lowest BCUT2D eigenvalue weighted by molar-refractivity contribution is -0.0910. The van der Waals surface area contributed by atoms with Crippen molar-refractivity contribution in [3.63, 3.8) is 0 Å². The maximum atomic E-state index is 9.02. The van der Waals surface area contributed by atoms with Gasteiger partial charge in [0.2, 0.25) is 0 Å². The van der Waals surface area contributed by atoms with Crippen molar-refractivity contribution in [3.05, 3.63) is 29.3 Å². The maximum Gasteiger partial charge on any atom is 0.0950 e. The lowest BCUT2D eigenvalue weighted by Crippen LogP contribution is -2.25. The van der Waals surface area contributed by atoms with E-state index in [1.54, 1.807) is 5.23 Å². The van der Waals surface area contributed by atoms with Crippen LogP contribution in [0, 0.1) is 6.92 Å². The van der Waals surface area contributed by atoms with Crippen LogP contribution in [0.1, 0.15) is 57.1 Å². The molecule has 0 aliphatic carbocycles. The Morgan fingerprint density at radius 1 is 1.00 bits per heavy atom. The summed E-state index contributed by atoms with van der Waals surface area (Å²) in [6.45, 7) is 7.91. The standard InChI is InChI=1S/C18H31NO3/c1-4-6-13-21-19(22-14-7-5-2)18-11-10-16(3)17(15-18)9-8-12-20/h10-11,15,20H,4-9,12-14H2,1-3H3. The molecule has 1 aromatic rings. The summed E-state index contributed by atoms with van der Waals surface area (Å²) in [5.41, 5.74) is 3.39. The summed E-state index contributed by atoms with van der Waals surface area (Å²) in [7, 11) is 0. The number of aliphatic hydroxyl groups is 1. The normalized spacial score (nSPS) is 10.9. The molecule has 0 aromatic heterocycles. The molecule has 0 spiro atoms. The van der Waals surface area contributed by atoms with Crippen LogP contribution in [0.3, 0.4) is 0 Å². The third kappa shape index (κ3) is 6.77. The SMILES string of the molecule is CCCCON(OCCCC)c1ccc(C)c(CCCO)c1. The van der Waals surface area contributed by atoms with E-state index >= 15 is 0 Å². The number of aliphatic hydroxyl groups excluding tert-OH is 1. The van der Waals surface area contributed by atoms with Crippen molar-refractivity contribution in [1.82, 2.24) is 0 Å². The Hall–Kier alpha value is -1.10. The van der Waals surface area contributed by atoms with Crippen LogP contribution in [0.25, 0.3) is 0 Å². The van der Waals surface area contributed by atoms with Crippen LogP contribution in [0.2, 0.25) is 0 Å². The Balaban J connectivity index is 2.77. The number of unbranched alkanes of at least 4 members (excludes halogenated alkanes) is 2. The van der Waals surface area contributed by atoms with Crippen molar-refractivity contribution < 1.29 is 14.8 Å². The minimum absolute atomic E-state index is 0.216. The van der Waals surface area contributed by atoms with Crippen molar-refractivity contribution in [1.29, 1.82) is 0 Å². The summed E-state index contributed by atoms with van der Waals surface area (Å²) in [6, 6.07) is 6.21. The number of nitrogens with zero attached hydrogens (tertiary/aromatic N) is 1. The van der Waals surface area contributed by atoms with Gasteiger partial charge in [0.1, 0.15) is 0 Å². The van der Waals surface area contributed by atoms with Crippen LogP contribution >= 0.6 is 0 Å². The van der Waals surface area contributed by atoms with Gasteiger partial charge in [-0.1, -0.05) is 32.8 Å². The molecule has 0 aliphatic heterocycles. The highest BCUT2D eigenvalue weighted by molar-refractivity contribution is 5.47. The zero-order valence-corrected chi connectivity index (χ0v) is 14.3. The Morgan fingerprint density at radius 2 is 1.64 bits per heavy atom. The highest BCUT2D eigenvalue weighted by Crippen LogP contribution is 2.22. The fourth-order valence-corrected chi connectivity index (χ4v) is 2.08. The fourth-order valence-electron chi connectivity index (χ4n) is 2.08. The van der Waals surface area contributed by atoms with Crippen LogP contribution in [-0.4, -0.2) is 24.9 Å². The van der Waals surface area contributed by atoms with Gasteiger partial charge in [0.15, 0.2) is 0 Å². The average Bonchev–Trinajstić information content (AvgIpc) is 2.53. The van der Waals surface area contributed by atoms with E-state index in [9.17, 15) is 0 Å². The molecule has 0 bridgehead atoms. The average molecular weight is 309 g/mol. The van der Waals surface area contributed by atoms with E-state index in [0.29, 0.717) is 13.2 Å². The molecule has 0 saturated carbocycles. The van der Waals surface area contributed by atoms with Gasteiger partial charge < -0.3 is 5.11 Å². The monoisotopic (exact) mass is 309 g/mol. The molecule has 0 aliphatic rings. The molecule has 4 nitrogen and oxygen atoms in total. The van der Waals surface area contributed by atoms with E-state index < -0.39 is 0 Å². The third-order valence-electron chi connectivity index (χ3n) is 3.56. The van der Waals surface area contributed by atoms with Crippen molar-refractivity contribution in [2.45, 2.75) is 59.3 Å². The topological polar surface area (TPSA) is 41.9 Å². The molecule has 22 heavy (non-hydrogen) atoms. The second-order valence-electron chi connectivity index (χ2n) is 5.57. The quantitative estimate of drug-likeness (QED) is 0.464.